The molecule has 1 aliphatic heterocycles. The molecule has 1 amide bonds. The van der Waals surface area contributed by atoms with Crippen molar-refractivity contribution in [3.05, 3.63) is 33.9 Å². The Kier molecular flexibility index (Phi) is 7.38. The second-order valence-corrected chi connectivity index (χ2v) is 7.19. The second-order valence-electron chi connectivity index (χ2n) is 7.19. The fourth-order valence-corrected chi connectivity index (χ4v) is 3.66. The van der Waals surface area contributed by atoms with E-state index in [9.17, 15) is 14.9 Å². The van der Waals surface area contributed by atoms with Gasteiger partial charge in [-0.25, -0.2) is 0 Å². The molecule has 1 N–H and O–H groups in total. The minimum absolute atomic E-state index is 0.183. The summed E-state index contributed by atoms with van der Waals surface area (Å²) >= 11 is 0. The van der Waals surface area contributed by atoms with Crippen molar-refractivity contribution in [2.75, 3.05) is 32.8 Å². The standard InChI is InChI=1S/C19H29N3O4/c1-4-26-18-7-6-16(11-17(18)22(24)25)19(23)20-8-5-9-21-12-14(2)10-15(3)13-21/h6-7,11,14-15H,4-5,8-10,12-13H2,1-3H3,(H,20,23). The Balaban J connectivity index is 1.84. The summed E-state index contributed by atoms with van der Waals surface area (Å²) in [6, 6.07) is 4.31. The quantitative estimate of drug-likeness (QED) is 0.436. The summed E-state index contributed by atoms with van der Waals surface area (Å²) in [7, 11) is 0. The molecule has 1 fully saturated rings. The minimum atomic E-state index is -0.527. The van der Waals surface area contributed by atoms with Gasteiger partial charge in [-0.2, -0.15) is 0 Å². The van der Waals surface area contributed by atoms with E-state index in [-0.39, 0.29) is 22.9 Å². The van der Waals surface area contributed by atoms with Crippen LogP contribution in [0.15, 0.2) is 18.2 Å². The Morgan fingerprint density at radius 3 is 2.65 bits per heavy atom. The lowest BCUT2D eigenvalue weighted by molar-refractivity contribution is -0.385. The maximum absolute atomic E-state index is 12.3. The smallest absolute Gasteiger partial charge is 0.311 e. The minimum Gasteiger partial charge on any atom is -0.487 e. The van der Waals surface area contributed by atoms with Gasteiger partial charge in [0, 0.05) is 31.3 Å². The van der Waals surface area contributed by atoms with Crippen LogP contribution in [0.4, 0.5) is 5.69 Å². The summed E-state index contributed by atoms with van der Waals surface area (Å²) in [6.07, 6.45) is 2.15. The number of hydrogen-bond acceptors (Lipinski definition) is 5. The highest BCUT2D eigenvalue weighted by Gasteiger charge is 2.21. The molecule has 0 spiro atoms. The first-order valence-corrected chi connectivity index (χ1v) is 9.32. The van der Waals surface area contributed by atoms with Gasteiger partial charge in [-0.1, -0.05) is 13.8 Å². The Morgan fingerprint density at radius 1 is 1.35 bits per heavy atom. The lowest BCUT2D eigenvalue weighted by atomic mass is 9.92. The zero-order valence-electron chi connectivity index (χ0n) is 15.9. The van der Waals surface area contributed by atoms with Gasteiger partial charge < -0.3 is 15.0 Å². The number of piperidine rings is 1. The zero-order valence-corrected chi connectivity index (χ0v) is 15.9. The first kappa shape index (κ1) is 20.2. The number of ether oxygens (including phenoxy) is 1. The van der Waals surface area contributed by atoms with Crippen molar-refractivity contribution in [3.8, 4) is 5.75 Å². The lowest BCUT2D eigenvalue weighted by Crippen LogP contribution is -2.40. The number of nitrogens with zero attached hydrogens (tertiary/aromatic N) is 2. The van der Waals surface area contributed by atoms with Crippen LogP contribution < -0.4 is 10.1 Å². The van der Waals surface area contributed by atoms with E-state index in [4.69, 9.17) is 4.74 Å². The summed E-state index contributed by atoms with van der Waals surface area (Å²) in [4.78, 5) is 25.3. The van der Waals surface area contributed by atoms with E-state index < -0.39 is 4.92 Å². The number of likely N-dealkylation sites (tertiary alicyclic amines) is 1. The second kappa shape index (κ2) is 9.52. The maximum Gasteiger partial charge on any atom is 0.311 e. The Morgan fingerprint density at radius 2 is 2.04 bits per heavy atom. The third-order valence-electron chi connectivity index (χ3n) is 4.60. The topological polar surface area (TPSA) is 84.7 Å². The number of carbonyl (C=O) groups is 1. The number of carbonyl (C=O) groups excluding carboxylic acids is 1. The zero-order chi connectivity index (χ0) is 19.1. The van der Waals surface area contributed by atoms with E-state index in [1.54, 1.807) is 13.0 Å². The van der Waals surface area contributed by atoms with Crippen LogP contribution in [0.3, 0.4) is 0 Å². The van der Waals surface area contributed by atoms with E-state index >= 15 is 0 Å². The molecule has 1 heterocycles. The van der Waals surface area contributed by atoms with Gasteiger partial charge in [0.25, 0.3) is 5.91 Å². The average Bonchev–Trinajstić information content (AvgIpc) is 2.58. The largest absolute Gasteiger partial charge is 0.487 e. The Bertz CT molecular complexity index is 625. The number of nitrogens with one attached hydrogen (secondary N) is 1. The van der Waals surface area contributed by atoms with E-state index in [0.717, 1.165) is 37.9 Å². The molecule has 2 atom stereocenters. The van der Waals surface area contributed by atoms with Crippen LogP contribution in [0.5, 0.6) is 5.75 Å². The van der Waals surface area contributed by atoms with Crippen molar-refractivity contribution in [1.29, 1.82) is 0 Å². The number of nitro benzene ring substituents is 1. The molecule has 144 valence electrons. The van der Waals surface area contributed by atoms with E-state index in [1.807, 2.05) is 0 Å². The van der Waals surface area contributed by atoms with Gasteiger partial charge >= 0.3 is 5.69 Å². The molecule has 0 saturated carbocycles. The van der Waals surface area contributed by atoms with E-state index in [0.29, 0.717) is 13.2 Å². The van der Waals surface area contributed by atoms with Crippen molar-refractivity contribution < 1.29 is 14.5 Å². The summed E-state index contributed by atoms with van der Waals surface area (Å²) in [5, 5.41) is 14.0. The maximum atomic E-state index is 12.3. The van der Waals surface area contributed by atoms with Gasteiger partial charge in [-0.05, 0) is 50.3 Å². The number of rotatable bonds is 8. The molecule has 2 rings (SSSR count). The molecule has 0 bridgehead atoms. The molecule has 7 nitrogen and oxygen atoms in total. The van der Waals surface area contributed by atoms with Crippen LogP contribution in [0, 0.1) is 22.0 Å². The number of benzene rings is 1. The van der Waals surface area contributed by atoms with Crippen molar-refractivity contribution in [2.24, 2.45) is 11.8 Å². The van der Waals surface area contributed by atoms with Gasteiger partial charge in [0.15, 0.2) is 5.75 Å². The Hall–Kier alpha value is -2.15. The van der Waals surface area contributed by atoms with Crippen LogP contribution in [-0.2, 0) is 0 Å². The monoisotopic (exact) mass is 363 g/mol. The van der Waals surface area contributed by atoms with Crippen LogP contribution in [0.1, 0.15) is 44.0 Å². The van der Waals surface area contributed by atoms with Crippen LogP contribution in [-0.4, -0.2) is 48.5 Å². The molecule has 1 saturated heterocycles. The van der Waals surface area contributed by atoms with Gasteiger partial charge in [0.1, 0.15) is 0 Å². The number of nitro groups is 1. The van der Waals surface area contributed by atoms with Crippen molar-refractivity contribution in [2.45, 2.75) is 33.6 Å². The number of amides is 1. The molecule has 7 heteroatoms. The van der Waals surface area contributed by atoms with Crippen LogP contribution in [0.25, 0.3) is 0 Å². The predicted octanol–water partition coefficient (Wildman–Crippen LogP) is 3.09. The van der Waals surface area contributed by atoms with E-state index in [1.165, 1.54) is 18.6 Å². The summed E-state index contributed by atoms with van der Waals surface area (Å²) in [6.45, 7) is 10.4. The van der Waals surface area contributed by atoms with Crippen LogP contribution in [0.2, 0.25) is 0 Å². The lowest BCUT2D eigenvalue weighted by Gasteiger charge is -2.34. The first-order chi connectivity index (χ1) is 12.4. The molecular weight excluding hydrogens is 334 g/mol. The normalized spacial score (nSPS) is 20.6. The summed E-state index contributed by atoms with van der Waals surface area (Å²) < 4.78 is 5.24. The molecule has 1 aromatic rings. The third-order valence-corrected chi connectivity index (χ3v) is 4.60. The van der Waals surface area contributed by atoms with Crippen molar-refractivity contribution >= 4 is 11.6 Å². The Labute approximate surface area is 154 Å². The molecular formula is C19H29N3O4. The molecule has 26 heavy (non-hydrogen) atoms. The van der Waals surface area contributed by atoms with E-state index in [2.05, 4.69) is 24.1 Å². The molecule has 2 unspecified atom stereocenters. The SMILES string of the molecule is CCOc1ccc(C(=O)NCCCN2CC(C)CC(C)C2)cc1[N+](=O)[O-]. The predicted molar refractivity (Wildman–Crippen MR) is 101 cm³/mol. The van der Waals surface area contributed by atoms with Gasteiger partial charge in [-0.3, -0.25) is 14.9 Å². The average molecular weight is 363 g/mol. The van der Waals surface area contributed by atoms with Gasteiger partial charge in [0.2, 0.25) is 0 Å². The highest BCUT2D eigenvalue weighted by atomic mass is 16.6. The first-order valence-electron chi connectivity index (χ1n) is 9.32. The van der Waals surface area contributed by atoms with Gasteiger partial charge in [0.05, 0.1) is 11.5 Å². The fraction of sp³-hybridized carbons (Fsp3) is 0.632. The van der Waals surface area contributed by atoms with Crippen LogP contribution >= 0.6 is 0 Å². The number of hydrogen-bond donors (Lipinski definition) is 1. The molecule has 1 aliphatic rings. The molecule has 0 radical (unpaired) electrons. The third kappa shape index (κ3) is 5.69. The molecule has 0 aliphatic carbocycles. The van der Waals surface area contributed by atoms with Crippen molar-refractivity contribution in [1.82, 2.24) is 10.2 Å². The van der Waals surface area contributed by atoms with Crippen molar-refractivity contribution in [3.63, 3.8) is 0 Å². The molecule has 0 aromatic heterocycles. The highest BCUT2D eigenvalue weighted by Crippen LogP contribution is 2.28. The fourth-order valence-electron chi connectivity index (χ4n) is 3.66. The summed E-state index contributed by atoms with van der Waals surface area (Å²) in [5.41, 5.74) is 0.0937. The summed E-state index contributed by atoms with van der Waals surface area (Å²) in [5.74, 6) is 1.33. The highest BCUT2D eigenvalue weighted by molar-refractivity contribution is 5.95. The van der Waals surface area contributed by atoms with Gasteiger partial charge in [-0.15, -0.1) is 0 Å². The molecule has 1 aromatic carbocycles.